The van der Waals surface area contributed by atoms with Gasteiger partial charge in [-0.15, -0.1) is 5.10 Å². The van der Waals surface area contributed by atoms with Crippen molar-refractivity contribution < 1.29 is 0 Å². The SMILES string of the molecule is CC(Nc1nncc(Nc2ccc(C(C)(C)C)cc2)n1)c1ccccc1. The van der Waals surface area contributed by atoms with Crippen LogP contribution in [-0.2, 0) is 5.41 Å². The van der Waals surface area contributed by atoms with Gasteiger partial charge in [0.1, 0.15) is 0 Å². The van der Waals surface area contributed by atoms with E-state index in [1.807, 2.05) is 18.2 Å². The van der Waals surface area contributed by atoms with E-state index in [4.69, 9.17) is 0 Å². The molecule has 0 amide bonds. The zero-order chi connectivity index (χ0) is 18.6. The first kappa shape index (κ1) is 17.9. The highest BCUT2D eigenvalue weighted by molar-refractivity contribution is 5.56. The maximum Gasteiger partial charge on any atom is 0.245 e. The van der Waals surface area contributed by atoms with E-state index in [0.717, 1.165) is 5.69 Å². The minimum absolute atomic E-state index is 0.0966. The lowest BCUT2D eigenvalue weighted by molar-refractivity contribution is 0.590. The quantitative estimate of drug-likeness (QED) is 0.673. The second kappa shape index (κ2) is 7.52. The summed E-state index contributed by atoms with van der Waals surface area (Å²) >= 11 is 0. The molecule has 1 unspecified atom stereocenters. The molecule has 134 valence electrons. The molecule has 1 atom stereocenters. The second-order valence-electron chi connectivity index (χ2n) is 7.39. The van der Waals surface area contributed by atoms with Gasteiger partial charge in [-0.2, -0.15) is 10.1 Å². The molecule has 0 saturated heterocycles. The van der Waals surface area contributed by atoms with Gasteiger partial charge in [0.05, 0.1) is 12.2 Å². The maximum absolute atomic E-state index is 4.51. The molecular weight excluding hydrogens is 322 g/mol. The largest absolute Gasteiger partial charge is 0.346 e. The molecule has 0 aliphatic heterocycles. The molecule has 3 rings (SSSR count). The monoisotopic (exact) mass is 347 g/mol. The van der Waals surface area contributed by atoms with Crippen molar-refractivity contribution in [3.63, 3.8) is 0 Å². The van der Waals surface area contributed by atoms with Crippen LogP contribution in [0, 0.1) is 0 Å². The summed E-state index contributed by atoms with van der Waals surface area (Å²) in [4.78, 5) is 4.51. The highest BCUT2D eigenvalue weighted by atomic mass is 15.3. The first-order valence-corrected chi connectivity index (χ1v) is 8.80. The lowest BCUT2D eigenvalue weighted by atomic mass is 9.87. The highest BCUT2D eigenvalue weighted by Crippen LogP contribution is 2.24. The van der Waals surface area contributed by atoms with Crippen molar-refractivity contribution in [2.24, 2.45) is 0 Å². The third-order valence-electron chi connectivity index (χ3n) is 4.23. The Morgan fingerprint density at radius 2 is 1.62 bits per heavy atom. The standard InChI is InChI=1S/C21H25N5/c1-15(16-8-6-5-7-9-16)23-20-25-19(14-22-26-20)24-18-12-10-17(11-13-18)21(2,3)4/h5-15H,1-4H3,(H2,23,24,25,26). The Balaban J connectivity index is 1.69. The molecule has 0 radical (unpaired) electrons. The summed E-state index contributed by atoms with van der Waals surface area (Å²) in [5, 5.41) is 14.7. The summed E-state index contributed by atoms with van der Waals surface area (Å²) in [6, 6.07) is 18.7. The average molecular weight is 347 g/mol. The summed E-state index contributed by atoms with van der Waals surface area (Å²) in [5.74, 6) is 1.16. The van der Waals surface area contributed by atoms with Crippen molar-refractivity contribution in [3.8, 4) is 0 Å². The van der Waals surface area contributed by atoms with Gasteiger partial charge in [0.2, 0.25) is 5.95 Å². The summed E-state index contributed by atoms with van der Waals surface area (Å²) in [5.41, 5.74) is 3.58. The fourth-order valence-corrected chi connectivity index (χ4v) is 2.65. The fraction of sp³-hybridized carbons (Fsp3) is 0.286. The third-order valence-corrected chi connectivity index (χ3v) is 4.23. The Morgan fingerprint density at radius 1 is 0.923 bits per heavy atom. The molecular formula is C21H25N5. The van der Waals surface area contributed by atoms with Crippen molar-refractivity contribution in [3.05, 3.63) is 71.9 Å². The van der Waals surface area contributed by atoms with E-state index in [1.165, 1.54) is 11.1 Å². The average Bonchev–Trinajstić information content (AvgIpc) is 2.62. The highest BCUT2D eigenvalue weighted by Gasteiger charge is 2.13. The predicted molar refractivity (Wildman–Crippen MR) is 107 cm³/mol. The molecule has 0 saturated carbocycles. The molecule has 1 heterocycles. The number of hydrogen-bond acceptors (Lipinski definition) is 5. The zero-order valence-corrected chi connectivity index (χ0v) is 15.7. The Hall–Kier alpha value is -2.95. The Kier molecular flexibility index (Phi) is 5.16. The van der Waals surface area contributed by atoms with Gasteiger partial charge in [0, 0.05) is 5.69 Å². The Labute approximate surface area is 154 Å². The molecule has 5 nitrogen and oxygen atoms in total. The van der Waals surface area contributed by atoms with Crippen LogP contribution in [-0.4, -0.2) is 15.2 Å². The normalized spacial score (nSPS) is 12.5. The topological polar surface area (TPSA) is 62.7 Å². The Morgan fingerprint density at radius 3 is 2.27 bits per heavy atom. The Bertz CT molecular complexity index is 838. The zero-order valence-electron chi connectivity index (χ0n) is 15.7. The van der Waals surface area contributed by atoms with Gasteiger partial charge in [0.15, 0.2) is 5.82 Å². The van der Waals surface area contributed by atoms with Crippen molar-refractivity contribution in [2.75, 3.05) is 10.6 Å². The van der Waals surface area contributed by atoms with Gasteiger partial charge in [-0.25, -0.2) is 0 Å². The maximum atomic E-state index is 4.51. The van der Waals surface area contributed by atoms with Crippen LogP contribution < -0.4 is 10.6 Å². The number of hydrogen-bond donors (Lipinski definition) is 2. The van der Waals surface area contributed by atoms with Crippen LogP contribution in [0.1, 0.15) is 44.9 Å². The molecule has 2 N–H and O–H groups in total. The van der Waals surface area contributed by atoms with E-state index < -0.39 is 0 Å². The van der Waals surface area contributed by atoms with Crippen LogP contribution >= 0.6 is 0 Å². The first-order chi connectivity index (χ1) is 12.4. The number of anilines is 3. The van der Waals surface area contributed by atoms with E-state index in [0.29, 0.717) is 11.8 Å². The van der Waals surface area contributed by atoms with Crippen LogP contribution in [0.5, 0.6) is 0 Å². The van der Waals surface area contributed by atoms with Gasteiger partial charge >= 0.3 is 0 Å². The van der Waals surface area contributed by atoms with Crippen LogP contribution in [0.25, 0.3) is 0 Å². The molecule has 26 heavy (non-hydrogen) atoms. The van der Waals surface area contributed by atoms with Gasteiger partial charge < -0.3 is 10.6 Å². The lowest BCUT2D eigenvalue weighted by Crippen LogP contribution is -2.11. The van der Waals surface area contributed by atoms with Crippen molar-refractivity contribution >= 4 is 17.5 Å². The van der Waals surface area contributed by atoms with Crippen molar-refractivity contribution in [1.29, 1.82) is 0 Å². The molecule has 1 aromatic heterocycles. The number of nitrogens with one attached hydrogen (secondary N) is 2. The summed E-state index contributed by atoms with van der Waals surface area (Å²) < 4.78 is 0. The molecule has 0 spiro atoms. The number of benzene rings is 2. The molecule has 3 aromatic rings. The second-order valence-corrected chi connectivity index (χ2v) is 7.39. The van der Waals surface area contributed by atoms with Crippen molar-refractivity contribution in [2.45, 2.75) is 39.2 Å². The number of nitrogens with zero attached hydrogens (tertiary/aromatic N) is 3. The molecule has 0 aliphatic carbocycles. The van der Waals surface area contributed by atoms with Crippen LogP contribution in [0.15, 0.2) is 60.8 Å². The van der Waals surface area contributed by atoms with E-state index in [1.54, 1.807) is 6.20 Å². The number of aromatic nitrogens is 3. The van der Waals surface area contributed by atoms with E-state index in [2.05, 4.69) is 89.9 Å². The van der Waals surface area contributed by atoms with Gasteiger partial charge in [0.25, 0.3) is 0 Å². The number of rotatable bonds is 5. The summed E-state index contributed by atoms with van der Waals surface area (Å²) in [6.07, 6.45) is 1.62. The predicted octanol–water partition coefficient (Wildman–Crippen LogP) is 5.09. The molecule has 2 aromatic carbocycles. The summed E-state index contributed by atoms with van der Waals surface area (Å²) in [7, 11) is 0. The minimum atomic E-state index is 0.0966. The van der Waals surface area contributed by atoms with E-state index >= 15 is 0 Å². The molecule has 5 heteroatoms. The van der Waals surface area contributed by atoms with E-state index in [9.17, 15) is 0 Å². The fourth-order valence-electron chi connectivity index (χ4n) is 2.65. The third kappa shape index (κ3) is 4.57. The van der Waals surface area contributed by atoms with Crippen LogP contribution in [0.4, 0.5) is 17.5 Å². The lowest BCUT2D eigenvalue weighted by Gasteiger charge is -2.19. The van der Waals surface area contributed by atoms with Gasteiger partial charge in [-0.3, -0.25) is 0 Å². The molecule has 0 aliphatic rings. The molecule has 0 fully saturated rings. The first-order valence-electron chi connectivity index (χ1n) is 8.80. The minimum Gasteiger partial charge on any atom is -0.346 e. The van der Waals surface area contributed by atoms with Crippen molar-refractivity contribution in [1.82, 2.24) is 15.2 Å². The van der Waals surface area contributed by atoms with Crippen LogP contribution in [0.2, 0.25) is 0 Å². The summed E-state index contributed by atoms with van der Waals surface area (Å²) in [6.45, 7) is 8.69. The van der Waals surface area contributed by atoms with Crippen LogP contribution in [0.3, 0.4) is 0 Å². The van der Waals surface area contributed by atoms with E-state index in [-0.39, 0.29) is 11.5 Å². The smallest absolute Gasteiger partial charge is 0.245 e. The van der Waals surface area contributed by atoms with Gasteiger partial charge in [-0.05, 0) is 35.6 Å². The van der Waals surface area contributed by atoms with Gasteiger partial charge in [-0.1, -0.05) is 63.2 Å². The molecule has 0 bridgehead atoms.